The molecule has 0 bridgehead atoms. The Bertz CT molecular complexity index is 519. The lowest BCUT2D eigenvalue weighted by Gasteiger charge is -2.16. The Morgan fingerprint density at radius 3 is 2.68 bits per heavy atom. The van der Waals surface area contributed by atoms with Gasteiger partial charge in [-0.1, -0.05) is 11.6 Å². The Balaban J connectivity index is 1.65. The number of benzene rings is 1. The first kappa shape index (κ1) is 16.8. The zero-order chi connectivity index (χ0) is 15.9. The molecule has 1 aliphatic rings. The largest absolute Gasteiger partial charge is 0.352 e. The molecule has 1 aliphatic heterocycles. The average Bonchev–Trinajstić information content (AvgIpc) is 3.01. The molecule has 5 nitrogen and oxygen atoms in total. The first-order chi connectivity index (χ1) is 10.6. The van der Waals surface area contributed by atoms with Gasteiger partial charge in [-0.3, -0.25) is 9.59 Å². The van der Waals surface area contributed by atoms with Crippen molar-refractivity contribution in [2.45, 2.75) is 19.3 Å². The van der Waals surface area contributed by atoms with Crippen molar-refractivity contribution in [3.63, 3.8) is 0 Å². The maximum absolute atomic E-state index is 12.0. The molecule has 120 valence electrons. The standard InChI is InChI=1S/C16H22ClN3O2/c17-14-5-3-13(4-6-14)16(22)19-8-1-2-15(21)20-9-7-12(10-18)11-20/h3-6,12H,1-2,7-11,18H2,(H,19,22). The summed E-state index contributed by atoms with van der Waals surface area (Å²) in [6, 6.07) is 6.72. The molecule has 1 heterocycles. The minimum Gasteiger partial charge on any atom is -0.352 e. The van der Waals surface area contributed by atoms with Crippen molar-refractivity contribution in [2.24, 2.45) is 11.7 Å². The van der Waals surface area contributed by atoms with E-state index in [1.54, 1.807) is 24.3 Å². The van der Waals surface area contributed by atoms with Crippen LogP contribution in [0.5, 0.6) is 0 Å². The SMILES string of the molecule is NCC1CCN(C(=O)CCCNC(=O)c2ccc(Cl)cc2)C1. The van der Waals surface area contributed by atoms with Gasteiger partial charge in [0.2, 0.25) is 5.91 Å². The van der Waals surface area contributed by atoms with Crippen LogP contribution in [0.2, 0.25) is 5.02 Å². The number of nitrogens with one attached hydrogen (secondary N) is 1. The second kappa shape index (κ2) is 8.15. The first-order valence-corrected chi connectivity index (χ1v) is 7.99. The Morgan fingerprint density at radius 1 is 1.32 bits per heavy atom. The van der Waals surface area contributed by atoms with E-state index in [2.05, 4.69) is 5.32 Å². The summed E-state index contributed by atoms with van der Waals surface area (Å²) in [5.41, 5.74) is 6.19. The molecule has 3 N–H and O–H groups in total. The summed E-state index contributed by atoms with van der Waals surface area (Å²) in [5.74, 6) is 0.443. The number of rotatable bonds is 6. The molecule has 0 spiro atoms. The van der Waals surface area contributed by atoms with E-state index >= 15 is 0 Å². The monoisotopic (exact) mass is 323 g/mol. The zero-order valence-electron chi connectivity index (χ0n) is 12.6. The van der Waals surface area contributed by atoms with E-state index in [1.165, 1.54) is 0 Å². The highest BCUT2D eigenvalue weighted by atomic mass is 35.5. The second-order valence-electron chi connectivity index (χ2n) is 5.60. The van der Waals surface area contributed by atoms with E-state index in [0.29, 0.717) is 42.4 Å². The fourth-order valence-corrected chi connectivity index (χ4v) is 2.68. The van der Waals surface area contributed by atoms with Crippen LogP contribution in [0.25, 0.3) is 0 Å². The molecule has 1 aromatic carbocycles. The number of nitrogens with zero attached hydrogens (tertiary/aromatic N) is 1. The number of amides is 2. The topological polar surface area (TPSA) is 75.4 Å². The van der Waals surface area contributed by atoms with Crippen molar-refractivity contribution in [1.82, 2.24) is 10.2 Å². The highest BCUT2D eigenvalue weighted by molar-refractivity contribution is 6.30. The van der Waals surface area contributed by atoms with Crippen LogP contribution in [0.1, 0.15) is 29.6 Å². The molecule has 0 aliphatic carbocycles. The van der Waals surface area contributed by atoms with E-state index in [-0.39, 0.29) is 11.8 Å². The summed E-state index contributed by atoms with van der Waals surface area (Å²) in [4.78, 5) is 25.8. The first-order valence-electron chi connectivity index (χ1n) is 7.61. The summed E-state index contributed by atoms with van der Waals surface area (Å²) >= 11 is 5.78. The van der Waals surface area contributed by atoms with Crippen molar-refractivity contribution in [2.75, 3.05) is 26.2 Å². The highest BCUT2D eigenvalue weighted by Gasteiger charge is 2.24. The summed E-state index contributed by atoms with van der Waals surface area (Å²) < 4.78 is 0. The van der Waals surface area contributed by atoms with Crippen molar-refractivity contribution in [3.8, 4) is 0 Å². The van der Waals surface area contributed by atoms with E-state index in [1.807, 2.05) is 4.90 Å². The molecule has 1 unspecified atom stereocenters. The molecule has 2 rings (SSSR count). The summed E-state index contributed by atoms with van der Waals surface area (Å²) in [6.07, 6.45) is 2.09. The van der Waals surface area contributed by atoms with Crippen LogP contribution in [0, 0.1) is 5.92 Å². The van der Waals surface area contributed by atoms with Crippen molar-refractivity contribution in [3.05, 3.63) is 34.9 Å². The number of nitrogens with two attached hydrogens (primary N) is 1. The molecular formula is C16H22ClN3O2. The fourth-order valence-electron chi connectivity index (χ4n) is 2.55. The predicted molar refractivity (Wildman–Crippen MR) is 86.8 cm³/mol. The average molecular weight is 324 g/mol. The number of hydrogen-bond acceptors (Lipinski definition) is 3. The number of hydrogen-bond donors (Lipinski definition) is 2. The van der Waals surface area contributed by atoms with Gasteiger partial charge < -0.3 is 16.0 Å². The van der Waals surface area contributed by atoms with Gasteiger partial charge in [0.25, 0.3) is 5.91 Å². The lowest BCUT2D eigenvalue weighted by atomic mass is 10.1. The van der Waals surface area contributed by atoms with Gasteiger partial charge in [-0.05, 0) is 49.6 Å². The summed E-state index contributed by atoms with van der Waals surface area (Å²) in [7, 11) is 0. The second-order valence-corrected chi connectivity index (χ2v) is 6.03. The van der Waals surface area contributed by atoms with Crippen LogP contribution in [0.15, 0.2) is 24.3 Å². The fraction of sp³-hybridized carbons (Fsp3) is 0.500. The van der Waals surface area contributed by atoms with Gasteiger partial charge in [0.1, 0.15) is 0 Å². The van der Waals surface area contributed by atoms with Gasteiger partial charge in [-0.15, -0.1) is 0 Å². The lowest BCUT2D eigenvalue weighted by Crippen LogP contribution is -2.31. The number of carbonyl (C=O) groups is 2. The molecule has 22 heavy (non-hydrogen) atoms. The quantitative estimate of drug-likeness (QED) is 0.782. The molecule has 6 heteroatoms. The van der Waals surface area contributed by atoms with Crippen molar-refractivity contribution in [1.29, 1.82) is 0 Å². The highest BCUT2D eigenvalue weighted by Crippen LogP contribution is 2.16. The van der Waals surface area contributed by atoms with E-state index in [4.69, 9.17) is 17.3 Å². The third-order valence-electron chi connectivity index (χ3n) is 3.93. The Kier molecular flexibility index (Phi) is 6.21. The molecular weight excluding hydrogens is 302 g/mol. The maximum Gasteiger partial charge on any atom is 0.251 e. The minimum atomic E-state index is -0.145. The number of carbonyl (C=O) groups excluding carboxylic acids is 2. The van der Waals surface area contributed by atoms with Crippen LogP contribution in [0.3, 0.4) is 0 Å². The number of likely N-dealkylation sites (tertiary alicyclic amines) is 1. The molecule has 1 aromatic rings. The lowest BCUT2D eigenvalue weighted by molar-refractivity contribution is -0.130. The Morgan fingerprint density at radius 2 is 2.05 bits per heavy atom. The van der Waals surface area contributed by atoms with Crippen molar-refractivity contribution < 1.29 is 9.59 Å². The maximum atomic E-state index is 12.0. The third kappa shape index (κ3) is 4.71. The van der Waals surface area contributed by atoms with Gasteiger partial charge in [0.15, 0.2) is 0 Å². The van der Waals surface area contributed by atoms with Crippen LogP contribution >= 0.6 is 11.6 Å². The molecule has 2 amide bonds. The summed E-state index contributed by atoms with van der Waals surface area (Å²) in [5, 5.41) is 3.41. The van der Waals surface area contributed by atoms with Gasteiger partial charge in [-0.25, -0.2) is 0 Å². The Hall–Kier alpha value is -1.59. The number of halogens is 1. The molecule has 0 saturated carbocycles. The van der Waals surface area contributed by atoms with E-state index in [9.17, 15) is 9.59 Å². The molecule has 0 radical (unpaired) electrons. The molecule has 1 saturated heterocycles. The van der Waals surface area contributed by atoms with Crippen LogP contribution in [-0.2, 0) is 4.79 Å². The van der Waals surface area contributed by atoms with E-state index in [0.717, 1.165) is 19.5 Å². The smallest absolute Gasteiger partial charge is 0.251 e. The third-order valence-corrected chi connectivity index (χ3v) is 4.18. The van der Waals surface area contributed by atoms with Crippen LogP contribution in [0.4, 0.5) is 0 Å². The van der Waals surface area contributed by atoms with E-state index < -0.39 is 0 Å². The Labute approximate surface area is 135 Å². The van der Waals surface area contributed by atoms with Crippen LogP contribution < -0.4 is 11.1 Å². The summed E-state index contributed by atoms with van der Waals surface area (Å²) in [6.45, 7) is 2.70. The molecule has 0 aromatic heterocycles. The minimum absolute atomic E-state index is 0.145. The van der Waals surface area contributed by atoms with Crippen LogP contribution in [-0.4, -0.2) is 42.9 Å². The normalized spacial score (nSPS) is 17.5. The van der Waals surface area contributed by atoms with Gasteiger partial charge in [0, 0.05) is 36.6 Å². The van der Waals surface area contributed by atoms with Crippen molar-refractivity contribution >= 4 is 23.4 Å². The van der Waals surface area contributed by atoms with Gasteiger partial charge in [0.05, 0.1) is 0 Å². The zero-order valence-corrected chi connectivity index (χ0v) is 13.3. The predicted octanol–water partition coefficient (Wildman–Crippen LogP) is 1.66. The molecule has 1 atom stereocenters. The van der Waals surface area contributed by atoms with Gasteiger partial charge in [-0.2, -0.15) is 0 Å². The van der Waals surface area contributed by atoms with Gasteiger partial charge >= 0.3 is 0 Å². The molecule has 1 fully saturated rings.